The van der Waals surface area contributed by atoms with Crippen molar-refractivity contribution in [3.63, 3.8) is 0 Å². The number of hydrogen-bond acceptors (Lipinski definition) is 4. The number of ether oxygens (including phenoxy) is 1. The molecule has 0 atom stereocenters. The number of nitrogens with zero attached hydrogens (tertiary/aromatic N) is 1. The Balaban J connectivity index is 1.45. The van der Waals surface area contributed by atoms with Gasteiger partial charge in [-0.3, -0.25) is 14.5 Å². The molecular formula is C20H27N3O4. The fraction of sp³-hybridized carbons (Fsp3) is 0.550. The van der Waals surface area contributed by atoms with Crippen LogP contribution in [0.1, 0.15) is 38.2 Å². The SMILES string of the molecule is Cc1cccc(OCCNC(=O)CN2C(=O)NC3(CCC(C)CC3)C2=O)c1. The molecule has 7 heteroatoms. The zero-order valence-corrected chi connectivity index (χ0v) is 15.9. The van der Waals surface area contributed by atoms with Crippen molar-refractivity contribution >= 4 is 17.8 Å². The number of imide groups is 1. The van der Waals surface area contributed by atoms with Gasteiger partial charge in [-0.15, -0.1) is 0 Å². The van der Waals surface area contributed by atoms with Crippen LogP contribution in [-0.4, -0.2) is 48.0 Å². The normalized spacial score (nSPS) is 24.8. The van der Waals surface area contributed by atoms with E-state index < -0.39 is 11.6 Å². The van der Waals surface area contributed by atoms with Gasteiger partial charge < -0.3 is 15.4 Å². The van der Waals surface area contributed by atoms with Crippen LogP contribution in [0.25, 0.3) is 0 Å². The Morgan fingerprint density at radius 2 is 2.07 bits per heavy atom. The van der Waals surface area contributed by atoms with Crippen LogP contribution in [0.4, 0.5) is 4.79 Å². The van der Waals surface area contributed by atoms with Crippen molar-refractivity contribution < 1.29 is 19.1 Å². The number of urea groups is 1. The van der Waals surface area contributed by atoms with Gasteiger partial charge in [-0.05, 0) is 56.2 Å². The topological polar surface area (TPSA) is 87.7 Å². The molecule has 2 N–H and O–H groups in total. The van der Waals surface area contributed by atoms with Crippen molar-refractivity contribution in [1.82, 2.24) is 15.5 Å². The Morgan fingerprint density at radius 1 is 1.33 bits per heavy atom. The van der Waals surface area contributed by atoms with E-state index in [-0.39, 0.29) is 18.4 Å². The first kappa shape index (κ1) is 19.2. The van der Waals surface area contributed by atoms with E-state index in [1.165, 1.54) is 0 Å². The van der Waals surface area contributed by atoms with E-state index in [0.717, 1.165) is 29.1 Å². The first-order chi connectivity index (χ1) is 12.9. The molecule has 4 amide bonds. The van der Waals surface area contributed by atoms with E-state index in [2.05, 4.69) is 17.6 Å². The molecule has 1 aliphatic heterocycles. The molecule has 0 unspecified atom stereocenters. The zero-order valence-electron chi connectivity index (χ0n) is 15.9. The number of carbonyl (C=O) groups is 3. The van der Waals surface area contributed by atoms with Crippen LogP contribution in [0.3, 0.4) is 0 Å². The molecule has 0 bridgehead atoms. The van der Waals surface area contributed by atoms with Crippen molar-refractivity contribution in [2.24, 2.45) is 5.92 Å². The van der Waals surface area contributed by atoms with Crippen LogP contribution in [0.5, 0.6) is 5.75 Å². The summed E-state index contributed by atoms with van der Waals surface area (Å²) in [6.07, 6.45) is 3.09. The van der Waals surface area contributed by atoms with E-state index >= 15 is 0 Å². The van der Waals surface area contributed by atoms with Crippen LogP contribution >= 0.6 is 0 Å². The molecule has 1 saturated carbocycles. The van der Waals surface area contributed by atoms with Gasteiger partial charge in [-0.1, -0.05) is 19.1 Å². The lowest BCUT2D eigenvalue weighted by Crippen LogP contribution is -2.50. The van der Waals surface area contributed by atoms with E-state index in [0.29, 0.717) is 31.9 Å². The molecule has 1 aromatic carbocycles. The Bertz CT molecular complexity index is 726. The van der Waals surface area contributed by atoms with Crippen LogP contribution in [0, 0.1) is 12.8 Å². The molecule has 1 saturated heterocycles. The molecule has 27 heavy (non-hydrogen) atoms. The smallest absolute Gasteiger partial charge is 0.325 e. The molecule has 2 aliphatic rings. The van der Waals surface area contributed by atoms with E-state index in [4.69, 9.17) is 4.74 Å². The minimum Gasteiger partial charge on any atom is -0.492 e. The third-order valence-electron chi connectivity index (χ3n) is 5.36. The second-order valence-electron chi connectivity index (χ2n) is 7.60. The summed E-state index contributed by atoms with van der Waals surface area (Å²) in [6, 6.07) is 7.18. The fourth-order valence-electron chi connectivity index (χ4n) is 3.68. The largest absolute Gasteiger partial charge is 0.492 e. The molecule has 1 aliphatic carbocycles. The van der Waals surface area contributed by atoms with Gasteiger partial charge in [0.25, 0.3) is 5.91 Å². The van der Waals surface area contributed by atoms with E-state index in [1.54, 1.807) is 0 Å². The maximum atomic E-state index is 12.7. The molecule has 0 aromatic heterocycles. The Hall–Kier alpha value is -2.57. The molecule has 146 valence electrons. The van der Waals surface area contributed by atoms with Gasteiger partial charge in [-0.2, -0.15) is 0 Å². The van der Waals surface area contributed by atoms with Crippen LogP contribution < -0.4 is 15.4 Å². The third-order valence-corrected chi connectivity index (χ3v) is 5.36. The Kier molecular flexibility index (Phi) is 5.68. The predicted molar refractivity (Wildman–Crippen MR) is 100 cm³/mol. The van der Waals surface area contributed by atoms with Gasteiger partial charge in [-0.25, -0.2) is 4.79 Å². The number of benzene rings is 1. The summed E-state index contributed by atoms with van der Waals surface area (Å²) in [5.74, 6) is 0.663. The molecule has 7 nitrogen and oxygen atoms in total. The van der Waals surface area contributed by atoms with Crippen molar-refractivity contribution in [3.8, 4) is 5.75 Å². The van der Waals surface area contributed by atoms with Crippen LogP contribution in [-0.2, 0) is 9.59 Å². The number of carbonyl (C=O) groups excluding carboxylic acids is 3. The summed E-state index contributed by atoms with van der Waals surface area (Å²) >= 11 is 0. The third kappa shape index (κ3) is 4.40. The number of nitrogens with one attached hydrogen (secondary N) is 2. The summed E-state index contributed by atoms with van der Waals surface area (Å²) < 4.78 is 5.57. The zero-order chi connectivity index (χ0) is 19.4. The molecule has 1 spiro atoms. The van der Waals surface area contributed by atoms with E-state index in [9.17, 15) is 14.4 Å². The van der Waals surface area contributed by atoms with Crippen molar-refractivity contribution in [3.05, 3.63) is 29.8 Å². The van der Waals surface area contributed by atoms with Gasteiger partial charge in [0.15, 0.2) is 0 Å². The van der Waals surface area contributed by atoms with Crippen molar-refractivity contribution in [1.29, 1.82) is 0 Å². The molecular weight excluding hydrogens is 346 g/mol. The summed E-state index contributed by atoms with van der Waals surface area (Å²) in [4.78, 5) is 38.1. The Labute approximate surface area is 159 Å². The van der Waals surface area contributed by atoms with Gasteiger partial charge in [0.1, 0.15) is 24.4 Å². The highest BCUT2D eigenvalue weighted by molar-refractivity contribution is 6.09. The van der Waals surface area contributed by atoms with Gasteiger partial charge in [0, 0.05) is 0 Å². The van der Waals surface area contributed by atoms with Crippen LogP contribution in [0.15, 0.2) is 24.3 Å². The fourth-order valence-corrected chi connectivity index (χ4v) is 3.68. The lowest BCUT2D eigenvalue weighted by atomic mass is 9.77. The minimum absolute atomic E-state index is 0.258. The predicted octanol–water partition coefficient (Wildman–Crippen LogP) is 1.99. The minimum atomic E-state index is -0.807. The lowest BCUT2D eigenvalue weighted by Gasteiger charge is -2.33. The number of hydrogen-bond donors (Lipinski definition) is 2. The summed E-state index contributed by atoms with van der Waals surface area (Å²) in [5, 5.41) is 5.52. The van der Waals surface area contributed by atoms with Crippen molar-refractivity contribution in [2.45, 2.75) is 45.1 Å². The average Bonchev–Trinajstić information content (AvgIpc) is 2.86. The van der Waals surface area contributed by atoms with Gasteiger partial charge in [0.05, 0.1) is 6.54 Å². The monoisotopic (exact) mass is 373 g/mol. The highest BCUT2D eigenvalue weighted by Gasteiger charge is 2.52. The lowest BCUT2D eigenvalue weighted by molar-refractivity contribution is -0.136. The highest BCUT2D eigenvalue weighted by Crippen LogP contribution is 2.36. The van der Waals surface area contributed by atoms with Gasteiger partial charge in [0.2, 0.25) is 5.91 Å². The number of aryl methyl sites for hydroxylation is 1. The first-order valence-electron chi connectivity index (χ1n) is 9.50. The maximum Gasteiger partial charge on any atom is 0.325 e. The highest BCUT2D eigenvalue weighted by atomic mass is 16.5. The second kappa shape index (κ2) is 7.98. The molecule has 1 heterocycles. The van der Waals surface area contributed by atoms with E-state index in [1.807, 2.05) is 31.2 Å². The molecule has 1 aromatic rings. The standard InChI is InChI=1S/C20H27N3O4/c1-14-6-8-20(9-7-14)18(25)23(19(26)22-20)13-17(24)21-10-11-27-16-5-3-4-15(2)12-16/h3-5,12,14H,6-11,13H2,1-2H3,(H,21,24)(H,22,26). The molecule has 3 rings (SSSR count). The molecule has 0 radical (unpaired) electrons. The van der Waals surface area contributed by atoms with Crippen molar-refractivity contribution in [2.75, 3.05) is 19.7 Å². The average molecular weight is 373 g/mol. The molecule has 2 fully saturated rings. The first-order valence-corrected chi connectivity index (χ1v) is 9.50. The number of amides is 4. The summed E-state index contributed by atoms with van der Waals surface area (Å²) in [7, 11) is 0. The summed E-state index contributed by atoms with van der Waals surface area (Å²) in [6.45, 7) is 4.49. The van der Waals surface area contributed by atoms with Crippen LogP contribution in [0.2, 0.25) is 0 Å². The quantitative estimate of drug-likeness (QED) is 0.590. The van der Waals surface area contributed by atoms with Gasteiger partial charge >= 0.3 is 6.03 Å². The maximum absolute atomic E-state index is 12.7. The second-order valence-corrected chi connectivity index (χ2v) is 7.60. The Morgan fingerprint density at radius 3 is 2.78 bits per heavy atom. The number of rotatable bonds is 6. The summed E-state index contributed by atoms with van der Waals surface area (Å²) in [5.41, 5.74) is 0.291.